The summed E-state index contributed by atoms with van der Waals surface area (Å²) in [5.41, 5.74) is -0.497. The maximum atomic E-state index is 12.6. The molecular formula is C26H38N2O3Si. The molecule has 174 valence electrons. The second-order valence-electron chi connectivity index (χ2n) is 10.6. The fourth-order valence-electron chi connectivity index (χ4n) is 4.42. The second-order valence-corrected chi connectivity index (χ2v) is 14.9. The van der Waals surface area contributed by atoms with Crippen LogP contribution in [0.2, 0.25) is 5.04 Å². The SMILES string of the molecule is CC(C)(C)OC(=O)N1CCN[C@H](CO[Si](c2ccccc2)(c2ccccc2)C(C)(C)C)C1. The molecule has 0 radical (unpaired) electrons. The highest BCUT2D eigenvalue weighted by Gasteiger charge is 2.50. The van der Waals surface area contributed by atoms with Crippen LogP contribution in [0.25, 0.3) is 0 Å². The maximum absolute atomic E-state index is 12.6. The van der Waals surface area contributed by atoms with Gasteiger partial charge in [0.1, 0.15) is 5.60 Å². The van der Waals surface area contributed by atoms with Gasteiger partial charge in [0, 0.05) is 25.7 Å². The fraction of sp³-hybridized carbons (Fsp3) is 0.500. The van der Waals surface area contributed by atoms with Gasteiger partial charge in [0.2, 0.25) is 0 Å². The lowest BCUT2D eigenvalue weighted by atomic mass is 10.2. The normalized spacial score (nSPS) is 17.8. The van der Waals surface area contributed by atoms with Crippen molar-refractivity contribution in [2.45, 2.75) is 58.2 Å². The number of rotatable bonds is 5. The number of benzene rings is 2. The summed E-state index contributed by atoms with van der Waals surface area (Å²) in [5, 5.41) is 5.99. The van der Waals surface area contributed by atoms with E-state index in [1.54, 1.807) is 4.90 Å². The van der Waals surface area contributed by atoms with Crippen molar-refractivity contribution in [2.75, 3.05) is 26.2 Å². The number of nitrogens with zero attached hydrogens (tertiary/aromatic N) is 1. The van der Waals surface area contributed by atoms with Gasteiger partial charge in [-0.1, -0.05) is 81.4 Å². The number of ether oxygens (including phenoxy) is 1. The van der Waals surface area contributed by atoms with Gasteiger partial charge >= 0.3 is 6.09 Å². The summed E-state index contributed by atoms with van der Waals surface area (Å²) in [7, 11) is -2.60. The van der Waals surface area contributed by atoms with E-state index in [2.05, 4.69) is 86.8 Å². The van der Waals surface area contributed by atoms with Crippen LogP contribution >= 0.6 is 0 Å². The number of piperazine rings is 1. The van der Waals surface area contributed by atoms with Gasteiger partial charge in [0.25, 0.3) is 8.32 Å². The number of hydrogen-bond acceptors (Lipinski definition) is 4. The van der Waals surface area contributed by atoms with Crippen molar-refractivity contribution in [1.82, 2.24) is 10.2 Å². The molecule has 1 atom stereocenters. The van der Waals surface area contributed by atoms with Gasteiger partial charge in [-0.05, 0) is 36.2 Å². The molecule has 1 heterocycles. The molecule has 2 aromatic rings. The van der Waals surface area contributed by atoms with Crippen molar-refractivity contribution in [1.29, 1.82) is 0 Å². The maximum Gasteiger partial charge on any atom is 0.410 e. The Labute approximate surface area is 194 Å². The molecule has 2 aromatic carbocycles. The monoisotopic (exact) mass is 454 g/mol. The first-order valence-corrected chi connectivity index (χ1v) is 13.4. The molecule has 6 heteroatoms. The topological polar surface area (TPSA) is 50.8 Å². The highest BCUT2D eigenvalue weighted by Crippen LogP contribution is 2.36. The van der Waals surface area contributed by atoms with Crippen LogP contribution in [0.4, 0.5) is 4.79 Å². The van der Waals surface area contributed by atoms with Crippen LogP contribution in [0, 0.1) is 0 Å². The minimum absolute atomic E-state index is 0.0536. The van der Waals surface area contributed by atoms with E-state index in [0.29, 0.717) is 19.7 Å². The molecule has 0 saturated carbocycles. The van der Waals surface area contributed by atoms with Crippen molar-refractivity contribution in [3.8, 4) is 0 Å². The van der Waals surface area contributed by atoms with E-state index in [9.17, 15) is 4.79 Å². The molecule has 1 aliphatic heterocycles. The number of nitrogens with one attached hydrogen (secondary N) is 1. The first-order valence-electron chi connectivity index (χ1n) is 11.5. The molecule has 1 fully saturated rings. The number of carbonyl (C=O) groups excluding carboxylic acids is 1. The second kappa shape index (κ2) is 9.77. The van der Waals surface area contributed by atoms with Gasteiger partial charge in [-0.2, -0.15) is 0 Å². The molecule has 0 aliphatic carbocycles. The molecule has 0 bridgehead atoms. The van der Waals surface area contributed by atoms with Crippen LogP contribution in [-0.2, 0) is 9.16 Å². The van der Waals surface area contributed by atoms with Crippen molar-refractivity contribution in [3.63, 3.8) is 0 Å². The van der Waals surface area contributed by atoms with E-state index < -0.39 is 13.9 Å². The number of amides is 1. The molecule has 3 rings (SSSR count). The smallest absolute Gasteiger partial charge is 0.410 e. The van der Waals surface area contributed by atoms with Crippen LogP contribution in [0.5, 0.6) is 0 Å². The highest BCUT2D eigenvalue weighted by molar-refractivity contribution is 6.99. The minimum Gasteiger partial charge on any atom is -0.444 e. The Morgan fingerprint density at radius 3 is 1.97 bits per heavy atom. The summed E-state index contributed by atoms with van der Waals surface area (Å²) >= 11 is 0. The molecule has 5 nitrogen and oxygen atoms in total. The summed E-state index contributed by atoms with van der Waals surface area (Å²) in [4.78, 5) is 14.4. The quantitative estimate of drug-likeness (QED) is 0.699. The van der Waals surface area contributed by atoms with Gasteiger partial charge in [0.05, 0.1) is 6.61 Å². The standard InChI is InChI=1S/C26H38N2O3Si/c1-25(2,3)31-24(29)28-18-17-27-21(19-28)20-30-32(26(4,5)6,22-13-9-7-10-14-22)23-15-11-8-12-16-23/h7-16,21,27H,17-20H2,1-6H3/t21-/m0/s1. The van der Waals surface area contributed by atoms with Crippen LogP contribution < -0.4 is 15.7 Å². The third-order valence-electron chi connectivity index (χ3n) is 5.83. The Hall–Kier alpha value is -2.15. The third kappa shape index (κ3) is 5.60. The van der Waals surface area contributed by atoms with Crippen molar-refractivity contribution < 1.29 is 14.0 Å². The zero-order chi connectivity index (χ0) is 23.4. The predicted octanol–water partition coefficient (Wildman–Crippen LogP) is 3.77. The summed E-state index contributed by atoms with van der Waals surface area (Å²) in [6.45, 7) is 15.0. The summed E-state index contributed by atoms with van der Waals surface area (Å²) in [6.07, 6.45) is -0.255. The molecule has 1 saturated heterocycles. The third-order valence-corrected chi connectivity index (χ3v) is 10.8. The van der Waals surface area contributed by atoms with Crippen LogP contribution in [0.15, 0.2) is 60.7 Å². The van der Waals surface area contributed by atoms with Crippen molar-refractivity contribution in [2.24, 2.45) is 0 Å². The lowest BCUT2D eigenvalue weighted by Crippen LogP contribution is -2.68. The van der Waals surface area contributed by atoms with Crippen molar-refractivity contribution in [3.05, 3.63) is 60.7 Å². The molecular weight excluding hydrogens is 416 g/mol. The summed E-state index contributed by atoms with van der Waals surface area (Å²) in [5.74, 6) is 0. The van der Waals surface area contributed by atoms with Gasteiger partial charge < -0.3 is 19.4 Å². The van der Waals surface area contributed by atoms with Crippen LogP contribution in [-0.4, -0.2) is 57.2 Å². The Kier molecular flexibility index (Phi) is 7.48. The van der Waals surface area contributed by atoms with E-state index in [0.717, 1.165) is 6.54 Å². The first kappa shape index (κ1) is 24.5. The van der Waals surface area contributed by atoms with Crippen LogP contribution in [0.1, 0.15) is 41.5 Å². The molecule has 1 aliphatic rings. The molecule has 32 heavy (non-hydrogen) atoms. The Morgan fingerprint density at radius 2 is 1.50 bits per heavy atom. The number of hydrogen-bond donors (Lipinski definition) is 1. The molecule has 1 N–H and O–H groups in total. The summed E-state index contributed by atoms with van der Waals surface area (Å²) < 4.78 is 12.6. The Morgan fingerprint density at radius 1 is 0.969 bits per heavy atom. The van der Waals surface area contributed by atoms with E-state index >= 15 is 0 Å². The average molecular weight is 455 g/mol. The van der Waals surface area contributed by atoms with Crippen molar-refractivity contribution >= 4 is 24.8 Å². The molecule has 1 amide bonds. The number of carbonyl (C=O) groups is 1. The highest BCUT2D eigenvalue weighted by atomic mass is 28.4. The Balaban J connectivity index is 1.86. The van der Waals surface area contributed by atoms with Gasteiger partial charge in [-0.3, -0.25) is 0 Å². The minimum atomic E-state index is -2.60. The van der Waals surface area contributed by atoms with Gasteiger partial charge in [-0.25, -0.2) is 4.79 Å². The zero-order valence-electron chi connectivity index (χ0n) is 20.4. The lowest BCUT2D eigenvalue weighted by molar-refractivity contribution is 0.0176. The Bertz CT molecular complexity index is 836. The van der Waals surface area contributed by atoms with Gasteiger partial charge in [-0.15, -0.1) is 0 Å². The molecule has 0 aromatic heterocycles. The summed E-state index contributed by atoms with van der Waals surface area (Å²) in [6, 6.07) is 21.3. The molecule has 0 unspecified atom stereocenters. The van der Waals surface area contributed by atoms with E-state index in [1.807, 2.05) is 20.8 Å². The predicted molar refractivity (Wildman–Crippen MR) is 133 cm³/mol. The lowest BCUT2D eigenvalue weighted by Gasteiger charge is -2.44. The fourth-order valence-corrected chi connectivity index (χ4v) is 9.02. The van der Waals surface area contributed by atoms with E-state index in [1.165, 1.54) is 10.4 Å². The van der Waals surface area contributed by atoms with E-state index in [-0.39, 0.29) is 17.2 Å². The largest absolute Gasteiger partial charge is 0.444 e. The average Bonchev–Trinajstić information content (AvgIpc) is 2.74. The zero-order valence-corrected chi connectivity index (χ0v) is 21.4. The first-order chi connectivity index (χ1) is 15.0. The van der Waals surface area contributed by atoms with Gasteiger partial charge in [0.15, 0.2) is 0 Å². The van der Waals surface area contributed by atoms with E-state index in [4.69, 9.17) is 9.16 Å². The van der Waals surface area contributed by atoms with Crippen LogP contribution in [0.3, 0.4) is 0 Å². The molecule has 0 spiro atoms.